The lowest BCUT2D eigenvalue weighted by atomic mass is 10.1. The number of para-hydroxylation sites is 2. The average molecular weight is 300 g/mol. The molecular formula is C17H14ClNO2. The maximum Gasteiger partial charge on any atom is 0.205 e. The predicted octanol–water partition coefficient (Wildman–Crippen LogP) is 4.47. The van der Waals surface area contributed by atoms with Gasteiger partial charge in [0, 0.05) is 22.7 Å². The molecule has 0 aliphatic carbocycles. The molecule has 1 atom stereocenters. The Morgan fingerprint density at radius 2 is 1.86 bits per heavy atom. The molecule has 0 aliphatic rings. The van der Waals surface area contributed by atoms with Gasteiger partial charge in [-0.1, -0.05) is 41.9 Å². The summed E-state index contributed by atoms with van der Waals surface area (Å²) < 4.78 is 5.68. The summed E-state index contributed by atoms with van der Waals surface area (Å²) in [7, 11) is 0. The Bertz CT molecular complexity index is 794. The average Bonchev–Trinajstić information content (AvgIpc) is 2.92. The summed E-state index contributed by atoms with van der Waals surface area (Å²) in [4.78, 5) is 15.6. The van der Waals surface area contributed by atoms with Gasteiger partial charge in [-0.2, -0.15) is 0 Å². The number of Topliss-reactive ketones (excluding diaryl/α,β-unsaturated/α-hetero) is 1. The van der Waals surface area contributed by atoms with Crippen LogP contribution in [0.2, 0.25) is 5.02 Å². The van der Waals surface area contributed by atoms with E-state index >= 15 is 0 Å². The number of aromatic amines is 1. The molecule has 3 nitrogen and oxygen atoms in total. The number of benzene rings is 2. The van der Waals surface area contributed by atoms with E-state index in [0.717, 1.165) is 10.9 Å². The van der Waals surface area contributed by atoms with Crippen LogP contribution in [-0.4, -0.2) is 16.9 Å². The topological polar surface area (TPSA) is 42.1 Å². The van der Waals surface area contributed by atoms with Gasteiger partial charge in [-0.05, 0) is 25.1 Å². The first-order valence-corrected chi connectivity index (χ1v) is 7.06. The van der Waals surface area contributed by atoms with Crippen molar-refractivity contribution in [1.29, 1.82) is 0 Å². The predicted molar refractivity (Wildman–Crippen MR) is 84.2 cm³/mol. The number of hydrogen-bond acceptors (Lipinski definition) is 2. The van der Waals surface area contributed by atoms with Crippen molar-refractivity contribution in [3.8, 4) is 5.75 Å². The van der Waals surface area contributed by atoms with Crippen molar-refractivity contribution in [2.75, 3.05) is 0 Å². The van der Waals surface area contributed by atoms with Crippen LogP contribution in [0.5, 0.6) is 5.75 Å². The lowest BCUT2D eigenvalue weighted by Gasteiger charge is -2.14. The first-order chi connectivity index (χ1) is 10.2. The number of nitrogens with one attached hydrogen (secondary N) is 1. The third-order valence-corrected chi connectivity index (χ3v) is 3.68. The molecule has 1 unspecified atom stereocenters. The van der Waals surface area contributed by atoms with Crippen LogP contribution in [0.1, 0.15) is 17.3 Å². The molecule has 0 fully saturated rings. The van der Waals surface area contributed by atoms with Crippen LogP contribution in [0.25, 0.3) is 10.9 Å². The maximum atomic E-state index is 12.5. The molecule has 3 aromatic rings. The van der Waals surface area contributed by atoms with Crippen LogP contribution >= 0.6 is 11.6 Å². The Balaban J connectivity index is 1.86. The fourth-order valence-corrected chi connectivity index (χ4v) is 2.46. The van der Waals surface area contributed by atoms with E-state index in [1.165, 1.54) is 0 Å². The third-order valence-electron chi connectivity index (χ3n) is 3.36. The molecule has 1 aromatic heterocycles. The summed E-state index contributed by atoms with van der Waals surface area (Å²) >= 11 is 6.05. The minimum absolute atomic E-state index is 0.0765. The fourth-order valence-electron chi connectivity index (χ4n) is 2.28. The second-order valence-electron chi connectivity index (χ2n) is 4.80. The Labute approximate surface area is 127 Å². The van der Waals surface area contributed by atoms with Crippen LogP contribution < -0.4 is 4.74 Å². The smallest absolute Gasteiger partial charge is 0.205 e. The number of halogens is 1. The minimum atomic E-state index is -0.607. The van der Waals surface area contributed by atoms with Crippen LogP contribution in [0.4, 0.5) is 0 Å². The standard InChI is InChI=1S/C17H14ClNO2/c1-11(21-16-9-5-3-7-14(16)18)17(20)13-10-19-15-8-4-2-6-12(13)15/h2-11,19H,1H3. The minimum Gasteiger partial charge on any atom is -0.481 e. The van der Waals surface area contributed by atoms with Gasteiger partial charge >= 0.3 is 0 Å². The van der Waals surface area contributed by atoms with Crippen molar-refractivity contribution in [2.45, 2.75) is 13.0 Å². The molecule has 0 amide bonds. The molecule has 0 bridgehead atoms. The molecule has 2 aromatic carbocycles. The largest absolute Gasteiger partial charge is 0.481 e. The summed E-state index contributed by atoms with van der Waals surface area (Å²) in [6, 6.07) is 14.8. The second kappa shape index (κ2) is 5.62. The molecule has 106 valence electrons. The van der Waals surface area contributed by atoms with Gasteiger partial charge in [0.25, 0.3) is 0 Å². The monoisotopic (exact) mass is 299 g/mol. The fraction of sp³-hybridized carbons (Fsp3) is 0.118. The van der Waals surface area contributed by atoms with Crippen molar-refractivity contribution in [1.82, 2.24) is 4.98 Å². The second-order valence-corrected chi connectivity index (χ2v) is 5.21. The number of fused-ring (bicyclic) bond motifs is 1. The maximum absolute atomic E-state index is 12.5. The van der Waals surface area contributed by atoms with Gasteiger partial charge in [0.15, 0.2) is 6.10 Å². The Morgan fingerprint density at radius 3 is 2.67 bits per heavy atom. The van der Waals surface area contributed by atoms with Crippen LogP contribution in [-0.2, 0) is 0 Å². The van der Waals surface area contributed by atoms with Crippen LogP contribution in [0.3, 0.4) is 0 Å². The van der Waals surface area contributed by atoms with E-state index in [2.05, 4.69) is 4.98 Å². The van der Waals surface area contributed by atoms with Gasteiger partial charge < -0.3 is 9.72 Å². The number of hydrogen-bond donors (Lipinski definition) is 1. The summed E-state index contributed by atoms with van der Waals surface area (Å²) in [6.07, 6.45) is 1.11. The number of rotatable bonds is 4. The van der Waals surface area contributed by atoms with Crippen LogP contribution in [0.15, 0.2) is 54.7 Å². The molecule has 0 saturated carbocycles. The Kier molecular flexibility index (Phi) is 3.67. The van der Waals surface area contributed by atoms with Crippen molar-refractivity contribution < 1.29 is 9.53 Å². The van der Waals surface area contributed by atoms with Crippen molar-refractivity contribution in [3.05, 3.63) is 65.3 Å². The molecule has 4 heteroatoms. The number of carbonyl (C=O) groups is 1. The molecule has 0 saturated heterocycles. The zero-order valence-corrected chi connectivity index (χ0v) is 12.2. The van der Waals surface area contributed by atoms with E-state index in [4.69, 9.17) is 16.3 Å². The Hall–Kier alpha value is -2.26. The van der Waals surface area contributed by atoms with Crippen molar-refractivity contribution >= 4 is 28.3 Å². The molecular weight excluding hydrogens is 286 g/mol. The highest BCUT2D eigenvalue weighted by Crippen LogP contribution is 2.26. The van der Waals surface area contributed by atoms with Gasteiger partial charge in [0.1, 0.15) is 5.75 Å². The zero-order valence-electron chi connectivity index (χ0n) is 11.5. The van der Waals surface area contributed by atoms with Gasteiger partial charge in [0.2, 0.25) is 5.78 Å². The molecule has 0 aliphatic heterocycles. The van der Waals surface area contributed by atoms with E-state index in [0.29, 0.717) is 16.3 Å². The quantitative estimate of drug-likeness (QED) is 0.722. The summed E-state index contributed by atoms with van der Waals surface area (Å²) in [6.45, 7) is 1.73. The number of H-pyrrole nitrogens is 1. The molecule has 0 radical (unpaired) electrons. The van der Waals surface area contributed by atoms with Gasteiger partial charge in [-0.3, -0.25) is 4.79 Å². The van der Waals surface area contributed by atoms with E-state index in [1.807, 2.05) is 36.4 Å². The van der Waals surface area contributed by atoms with Crippen LogP contribution in [0, 0.1) is 0 Å². The van der Waals surface area contributed by atoms with Gasteiger partial charge in [-0.15, -0.1) is 0 Å². The highest BCUT2D eigenvalue weighted by atomic mass is 35.5. The zero-order chi connectivity index (χ0) is 14.8. The van der Waals surface area contributed by atoms with E-state index in [9.17, 15) is 4.79 Å². The highest BCUT2D eigenvalue weighted by molar-refractivity contribution is 6.32. The molecule has 21 heavy (non-hydrogen) atoms. The van der Waals surface area contributed by atoms with E-state index in [1.54, 1.807) is 25.3 Å². The molecule has 0 spiro atoms. The first kappa shape index (κ1) is 13.7. The van der Waals surface area contributed by atoms with E-state index in [-0.39, 0.29) is 5.78 Å². The molecule has 1 N–H and O–H groups in total. The lowest BCUT2D eigenvalue weighted by Crippen LogP contribution is -2.23. The lowest BCUT2D eigenvalue weighted by molar-refractivity contribution is 0.0820. The van der Waals surface area contributed by atoms with Gasteiger partial charge in [0.05, 0.1) is 5.02 Å². The number of carbonyl (C=O) groups excluding carboxylic acids is 1. The SMILES string of the molecule is CC(Oc1ccccc1Cl)C(=O)c1c[nH]c2ccccc12. The van der Waals surface area contributed by atoms with Gasteiger partial charge in [-0.25, -0.2) is 0 Å². The van der Waals surface area contributed by atoms with Crippen molar-refractivity contribution in [3.63, 3.8) is 0 Å². The number of aromatic nitrogens is 1. The van der Waals surface area contributed by atoms with Crippen molar-refractivity contribution in [2.24, 2.45) is 0 Å². The summed E-state index contributed by atoms with van der Waals surface area (Å²) in [5.74, 6) is 0.437. The number of ether oxygens (including phenoxy) is 1. The first-order valence-electron chi connectivity index (χ1n) is 6.68. The highest BCUT2D eigenvalue weighted by Gasteiger charge is 2.20. The third kappa shape index (κ3) is 2.65. The van der Waals surface area contributed by atoms with E-state index < -0.39 is 6.10 Å². The Morgan fingerprint density at radius 1 is 1.14 bits per heavy atom. The summed E-state index contributed by atoms with van der Waals surface area (Å²) in [5, 5.41) is 1.40. The molecule has 3 rings (SSSR count). The normalized spacial score (nSPS) is 12.3. The molecule has 1 heterocycles. The number of ketones is 1. The summed E-state index contributed by atoms with van der Waals surface area (Å²) in [5.41, 5.74) is 1.57.